The summed E-state index contributed by atoms with van der Waals surface area (Å²) in [6.45, 7) is 0. The van der Waals surface area contributed by atoms with Crippen LogP contribution in [0.2, 0.25) is 0 Å². The van der Waals surface area contributed by atoms with Gasteiger partial charge in [-0.3, -0.25) is 4.79 Å². The van der Waals surface area contributed by atoms with Gasteiger partial charge in [0.05, 0.1) is 24.7 Å². The van der Waals surface area contributed by atoms with Gasteiger partial charge in [-0.25, -0.2) is 4.39 Å². The number of ketones is 1. The number of rotatable bonds is 6. The number of hydrogen-bond acceptors (Lipinski definition) is 7. The smallest absolute Gasteiger partial charge is 0.284 e. The first-order valence-corrected chi connectivity index (χ1v) is 7.53. The van der Waals surface area contributed by atoms with Crippen LogP contribution in [0.1, 0.15) is 10.4 Å². The summed E-state index contributed by atoms with van der Waals surface area (Å²) >= 11 is 1.06. The van der Waals surface area contributed by atoms with Crippen LogP contribution in [-0.4, -0.2) is 28.8 Å². The zero-order valence-corrected chi connectivity index (χ0v) is 12.8. The molecule has 2 heterocycles. The van der Waals surface area contributed by atoms with Gasteiger partial charge in [0.25, 0.3) is 11.1 Å². The molecule has 0 saturated carbocycles. The normalized spacial score (nSPS) is 10.7. The van der Waals surface area contributed by atoms with E-state index in [2.05, 4.69) is 10.2 Å². The molecule has 0 aliphatic rings. The van der Waals surface area contributed by atoms with Crippen LogP contribution in [0.15, 0.2) is 50.7 Å². The Morgan fingerprint density at radius 1 is 1.35 bits per heavy atom. The van der Waals surface area contributed by atoms with Gasteiger partial charge in [0.2, 0.25) is 0 Å². The largest absolute Gasteiger partial charge is 0.496 e. The lowest BCUT2D eigenvalue weighted by atomic mass is 10.1. The average Bonchev–Trinajstić information content (AvgIpc) is 3.23. The van der Waals surface area contributed by atoms with Crippen molar-refractivity contribution in [3.05, 3.63) is 48.0 Å². The molecule has 0 saturated heterocycles. The van der Waals surface area contributed by atoms with Crippen LogP contribution >= 0.6 is 11.8 Å². The van der Waals surface area contributed by atoms with Gasteiger partial charge < -0.3 is 13.6 Å². The maximum Gasteiger partial charge on any atom is 0.284 e. The van der Waals surface area contributed by atoms with E-state index in [9.17, 15) is 9.18 Å². The van der Waals surface area contributed by atoms with Gasteiger partial charge in [0, 0.05) is 0 Å². The van der Waals surface area contributed by atoms with Crippen LogP contribution in [0.4, 0.5) is 4.39 Å². The summed E-state index contributed by atoms with van der Waals surface area (Å²) in [6, 6.07) is 7.17. The number of furan rings is 1. The van der Waals surface area contributed by atoms with Crippen molar-refractivity contribution in [1.82, 2.24) is 10.2 Å². The van der Waals surface area contributed by atoms with Gasteiger partial charge >= 0.3 is 0 Å². The molecule has 0 amide bonds. The Kier molecular flexibility index (Phi) is 4.42. The van der Waals surface area contributed by atoms with E-state index < -0.39 is 5.82 Å². The maximum atomic E-state index is 13.3. The van der Waals surface area contributed by atoms with Crippen molar-refractivity contribution in [3.63, 3.8) is 0 Å². The summed E-state index contributed by atoms with van der Waals surface area (Å²) in [5.41, 5.74) is 0.172. The third-order valence-corrected chi connectivity index (χ3v) is 3.75. The second kappa shape index (κ2) is 6.66. The maximum absolute atomic E-state index is 13.3. The van der Waals surface area contributed by atoms with Crippen molar-refractivity contribution in [1.29, 1.82) is 0 Å². The molecule has 0 radical (unpaired) electrons. The zero-order chi connectivity index (χ0) is 16.2. The SMILES string of the molecule is COc1ccc(F)cc1C(=O)CSc1nnc(-c2ccco2)o1. The summed E-state index contributed by atoms with van der Waals surface area (Å²) in [5.74, 6) is 0.204. The van der Waals surface area contributed by atoms with E-state index in [0.717, 1.165) is 17.8 Å². The number of halogens is 1. The molecular formula is C15H11FN2O4S. The lowest BCUT2D eigenvalue weighted by Gasteiger charge is -2.06. The van der Waals surface area contributed by atoms with Crippen LogP contribution in [0.3, 0.4) is 0 Å². The topological polar surface area (TPSA) is 78.4 Å². The quantitative estimate of drug-likeness (QED) is 0.504. The van der Waals surface area contributed by atoms with E-state index in [1.807, 2.05) is 0 Å². The minimum atomic E-state index is -0.503. The number of Topliss-reactive ketones (excluding diaryl/α,β-unsaturated/α-hetero) is 1. The van der Waals surface area contributed by atoms with Crippen LogP contribution in [0.25, 0.3) is 11.7 Å². The number of carbonyl (C=O) groups is 1. The van der Waals surface area contributed by atoms with Gasteiger partial charge in [0.15, 0.2) is 11.5 Å². The lowest BCUT2D eigenvalue weighted by molar-refractivity contribution is 0.101. The lowest BCUT2D eigenvalue weighted by Crippen LogP contribution is -2.05. The molecule has 1 aromatic carbocycles. The van der Waals surface area contributed by atoms with Crippen molar-refractivity contribution in [3.8, 4) is 17.4 Å². The molecule has 118 valence electrons. The van der Waals surface area contributed by atoms with Crippen molar-refractivity contribution in [2.45, 2.75) is 5.22 Å². The minimum absolute atomic E-state index is 0.0135. The number of thioether (sulfide) groups is 1. The molecule has 23 heavy (non-hydrogen) atoms. The molecule has 0 spiro atoms. The van der Waals surface area contributed by atoms with Gasteiger partial charge in [-0.15, -0.1) is 10.2 Å². The fraction of sp³-hybridized carbons (Fsp3) is 0.133. The molecule has 0 atom stereocenters. The molecule has 3 aromatic rings. The first-order valence-electron chi connectivity index (χ1n) is 6.54. The Bertz CT molecular complexity index is 817. The third-order valence-electron chi connectivity index (χ3n) is 2.93. The van der Waals surface area contributed by atoms with Crippen LogP contribution in [0.5, 0.6) is 5.75 Å². The summed E-state index contributed by atoms with van der Waals surface area (Å²) in [4.78, 5) is 12.2. The van der Waals surface area contributed by atoms with Gasteiger partial charge in [0.1, 0.15) is 11.6 Å². The number of carbonyl (C=O) groups excluding carboxylic acids is 1. The Morgan fingerprint density at radius 3 is 2.96 bits per heavy atom. The number of nitrogens with zero attached hydrogens (tertiary/aromatic N) is 2. The van der Waals surface area contributed by atoms with Crippen molar-refractivity contribution in [2.75, 3.05) is 12.9 Å². The minimum Gasteiger partial charge on any atom is -0.496 e. The predicted molar refractivity (Wildman–Crippen MR) is 80.0 cm³/mol. The molecule has 0 N–H and O–H groups in total. The number of benzene rings is 1. The van der Waals surface area contributed by atoms with Gasteiger partial charge in [-0.1, -0.05) is 11.8 Å². The van der Waals surface area contributed by atoms with E-state index in [-0.39, 0.29) is 28.2 Å². The molecule has 8 heteroatoms. The Morgan fingerprint density at radius 2 is 2.22 bits per heavy atom. The fourth-order valence-electron chi connectivity index (χ4n) is 1.87. The first-order chi connectivity index (χ1) is 11.2. The molecule has 0 unspecified atom stereocenters. The molecule has 6 nitrogen and oxygen atoms in total. The highest BCUT2D eigenvalue weighted by Crippen LogP contribution is 2.26. The second-order valence-corrected chi connectivity index (χ2v) is 5.33. The standard InChI is InChI=1S/C15H11FN2O4S/c1-20-12-5-4-9(16)7-10(12)11(19)8-23-15-18-17-14(22-15)13-3-2-6-21-13/h2-7H,8H2,1H3. The molecule has 2 aromatic heterocycles. The summed E-state index contributed by atoms with van der Waals surface area (Å²) in [6.07, 6.45) is 1.49. The molecule has 0 aliphatic heterocycles. The number of methoxy groups -OCH3 is 1. The van der Waals surface area contributed by atoms with Crippen molar-refractivity contribution >= 4 is 17.5 Å². The highest BCUT2D eigenvalue weighted by atomic mass is 32.2. The molecule has 0 bridgehead atoms. The Hall–Kier alpha value is -2.61. The van der Waals surface area contributed by atoms with Crippen LogP contribution in [0, 0.1) is 5.82 Å². The molecular weight excluding hydrogens is 323 g/mol. The van der Waals surface area contributed by atoms with Crippen LogP contribution in [-0.2, 0) is 0 Å². The highest BCUT2D eigenvalue weighted by Gasteiger charge is 2.17. The predicted octanol–water partition coefficient (Wildman–Crippen LogP) is 3.45. The van der Waals surface area contributed by atoms with E-state index >= 15 is 0 Å². The third kappa shape index (κ3) is 3.42. The van der Waals surface area contributed by atoms with E-state index in [1.165, 1.54) is 25.5 Å². The summed E-state index contributed by atoms with van der Waals surface area (Å²) in [5, 5.41) is 7.88. The second-order valence-electron chi connectivity index (χ2n) is 4.41. The molecule has 0 aliphatic carbocycles. The Labute approximate surface area is 134 Å². The van der Waals surface area contributed by atoms with Gasteiger partial charge in [-0.2, -0.15) is 0 Å². The van der Waals surface area contributed by atoms with Crippen molar-refractivity contribution < 1.29 is 22.8 Å². The van der Waals surface area contributed by atoms with Crippen LogP contribution < -0.4 is 4.74 Å². The molecule has 3 rings (SSSR count). The van der Waals surface area contributed by atoms with E-state index in [0.29, 0.717) is 11.5 Å². The first kappa shape index (κ1) is 15.3. The van der Waals surface area contributed by atoms with Gasteiger partial charge in [-0.05, 0) is 30.3 Å². The zero-order valence-electron chi connectivity index (χ0n) is 12.0. The summed E-state index contributed by atoms with van der Waals surface area (Å²) < 4.78 is 28.9. The van der Waals surface area contributed by atoms with Crippen molar-refractivity contribution in [2.24, 2.45) is 0 Å². The number of hydrogen-bond donors (Lipinski definition) is 0. The van der Waals surface area contributed by atoms with E-state index in [4.69, 9.17) is 13.6 Å². The average molecular weight is 334 g/mol. The monoisotopic (exact) mass is 334 g/mol. The Balaban J connectivity index is 1.69. The fourth-order valence-corrected chi connectivity index (χ4v) is 2.52. The number of aromatic nitrogens is 2. The molecule has 0 fully saturated rings. The number of ether oxygens (including phenoxy) is 1. The highest BCUT2D eigenvalue weighted by molar-refractivity contribution is 7.99. The summed E-state index contributed by atoms with van der Waals surface area (Å²) in [7, 11) is 1.42. The van der Waals surface area contributed by atoms with E-state index in [1.54, 1.807) is 12.1 Å².